The van der Waals surface area contributed by atoms with Gasteiger partial charge in [-0.15, -0.1) is 0 Å². The van der Waals surface area contributed by atoms with Gasteiger partial charge in [-0.2, -0.15) is 0 Å². The molecule has 1 atom stereocenters. The van der Waals surface area contributed by atoms with Crippen LogP contribution in [0.4, 0.5) is 11.4 Å². The number of benzene rings is 1. The molecule has 5 heteroatoms. The maximum absolute atomic E-state index is 12.6. The molecule has 1 saturated heterocycles. The van der Waals surface area contributed by atoms with Crippen molar-refractivity contribution in [3.05, 3.63) is 23.8 Å². The number of likely N-dealkylation sites (tertiary alicyclic amines) is 1. The lowest BCUT2D eigenvalue weighted by Gasteiger charge is -2.32. The fourth-order valence-corrected chi connectivity index (χ4v) is 2.87. The van der Waals surface area contributed by atoms with Crippen LogP contribution in [0.2, 0.25) is 0 Å². The highest BCUT2D eigenvalue weighted by atomic mass is 16.5. The van der Waals surface area contributed by atoms with Crippen LogP contribution in [0, 0.1) is 0 Å². The van der Waals surface area contributed by atoms with E-state index in [0.717, 1.165) is 49.4 Å². The Bertz CT molecular complexity index is 504. The Hall–Kier alpha value is -1.75. The number of piperidine rings is 1. The lowest BCUT2D eigenvalue weighted by molar-refractivity contribution is 0.0269. The summed E-state index contributed by atoms with van der Waals surface area (Å²) in [7, 11) is 1.72. The second-order valence-electron chi connectivity index (χ2n) is 5.37. The van der Waals surface area contributed by atoms with Crippen molar-refractivity contribution in [2.75, 3.05) is 43.9 Å². The topological polar surface area (TPSA) is 53.6 Å². The molecule has 1 amide bonds. The van der Waals surface area contributed by atoms with Crippen LogP contribution in [0.3, 0.4) is 0 Å². The Morgan fingerprint density at radius 3 is 2.90 bits per heavy atom. The van der Waals surface area contributed by atoms with Crippen LogP contribution in [0.15, 0.2) is 18.2 Å². The van der Waals surface area contributed by atoms with Crippen molar-refractivity contribution in [1.82, 2.24) is 4.90 Å². The van der Waals surface area contributed by atoms with E-state index in [4.69, 9.17) is 4.74 Å². The smallest absolute Gasteiger partial charge is 0.254 e. The minimum Gasteiger partial charge on any atom is -0.382 e. The van der Waals surface area contributed by atoms with Crippen molar-refractivity contribution in [1.29, 1.82) is 0 Å². The molecule has 0 radical (unpaired) electrons. The maximum atomic E-state index is 12.6. The van der Waals surface area contributed by atoms with E-state index in [1.807, 2.05) is 23.1 Å². The van der Waals surface area contributed by atoms with Gasteiger partial charge in [0.05, 0.1) is 17.5 Å². The molecular formula is C15H21N3O2. The van der Waals surface area contributed by atoms with E-state index in [1.54, 1.807) is 7.11 Å². The highest BCUT2D eigenvalue weighted by Gasteiger charge is 2.24. The molecule has 3 rings (SSSR count). The van der Waals surface area contributed by atoms with Gasteiger partial charge in [0.15, 0.2) is 0 Å². The van der Waals surface area contributed by atoms with Gasteiger partial charge >= 0.3 is 0 Å². The number of methoxy groups -OCH3 is 1. The third kappa shape index (κ3) is 2.58. The standard InChI is InChI=1S/C15H21N3O2/c1-20-12-3-2-8-18(10-12)15(19)11-4-5-13-14(9-11)17-7-6-16-13/h4-5,9,12,16-17H,2-3,6-8,10H2,1H3. The number of hydrogen-bond donors (Lipinski definition) is 2. The van der Waals surface area contributed by atoms with Crippen molar-refractivity contribution in [3.63, 3.8) is 0 Å². The Kier molecular flexibility index (Phi) is 3.78. The summed E-state index contributed by atoms with van der Waals surface area (Å²) >= 11 is 0. The number of hydrogen-bond acceptors (Lipinski definition) is 4. The molecule has 108 valence electrons. The molecule has 1 aromatic carbocycles. The van der Waals surface area contributed by atoms with E-state index in [-0.39, 0.29) is 12.0 Å². The largest absolute Gasteiger partial charge is 0.382 e. The lowest BCUT2D eigenvalue weighted by Crippen LogP contribution is -2.42. The lowest BCUT2D eigenvalue weighted by atomic mass is 10.1. The second-order valence-corrected chi connectivity index (χ2v) is 5.37. The zero-order valence-electron chi connectivity index (χ0n) is 11.8. The number of carbonyl (C=O) groups is 1. The summed E-state index contributed by atoms with van der Waals surface area (Å²) in [6.45, 7) is 3.32. The van der Waals surface area contributed by atoms with Crippen LogP contribution < -0.4 is 10.6 Å². The first-order valence-electron chi connectivity index (χ1n) is 7.22. The van der Waals surface area contributed by atoms with Gasteiger partial charge in [0.2, 0.25) is 0 Å². The molecule has 0 aromatic heterocycles. The predicted molar refractivity (Wildman–Crippen MR) is 79.4 cm³/mol. The summed E-state index contributed by atoms with van der Waals surface area (Å²) in [6, 6.07) is 5.82. The Balaban J connectivity index is 1.76. The van der Waals surface area contributed by atoms with Crippen LogP contribution in [0.5, 0.6) is 0 Å². The first kappa shape index (κ1) is 13.2. The van der Waals surface area contributed by atoms with Crippen LogP contribution in [0.1, 0.15) is 23.2 Å². The average molecular weight is 275 g/mol. The van der Waals surface area contributed by atoms with Gasteiger partial charge in [-0.05, 0) is 31.0 Å². The number of ether oxygens (including phenoxy) is 1. The number of anilines is 2. The summed E-state index contributed by atoms with van der Waals surface area (Å²) in [5, 5.41) is 6.64. The molecule has 2 aliphatic rings. The van der Waals surface area contributed by atoms with Gasteiger partial charge in [-0.1, -0.05) is 0 Å². The fourth-order valence-electron chi connectivity index (χ4n) is 2.87. The first-order chi connectivity index (χ1) is 9.78. The molecular weight excluding hydrogens is 254 g/mol. The van der Waals surface area contributed by atoms with Gasteiger partial charge in [-0.3, -0.25) is 4.79 Å². The summed E-state index contributed by atoms with van der Waals surface area (Å²) in [4.78, 5) is 14.5. The third-order valence-electron chi connectivity index (χ3n) is 4.02. The van der Waals surface area contributed by atoms with Crippen molar-refractivity contribution in [3.8, 4) is 0 Å². The average Bonchev–Trinajstić information content (AvgIpc) is 2.53. The highest BCUT2D eigenvalue weighted by Crippen LogP contribution is 2.26. The second kappa shape index (κ2) is 5.71. The van der Waals surface area contributed by atoms with E-state index in [0.29, 0.717) is 6.54 Å². The van der Waals surface area contributed by atoms with Gasteiger partial charge in [-0.25, -0.2) is 0 Å². The zero-order chi connectivity index (χ0) is 13.9. The molecule has 2 aliphatic heterocycles. The van der Waals surface area contributed by atoms with Crippen LogP contribution >= 0.6 is 0 Å². The molecule has 1 aromatic rings. The molecule has 2 heterocycles. The number of nitrogens with zero attached hydrogens (tertiary/aromatic N) is 1. The molecule has 5 nitrogen and oxygen atoms in total. The minimum absolute atomic E-state index is 0.0990. The number of carbonyl (C=O) groups excluding carboxylic acids is 1. The molecule has 0 bridgehead atoms. The summed E-state index contributed by atoms with van der Waals surface area (Å²) in [6.07, 6.45) is 2.22. The number of fused-ring (bicyclic) bond motifs is 1. The van der Waals surface area contributed by atoms with Crippen LogP contribution in [-0.4, -0.2) is 50.2 Å². The number of nitrogens with one attached hydrogen (secondary N) is 2. The van der Waals surface area contributed by atoms with Crippen molar-refractivity contribution in [2.24, 2.45) is 0 Å². The molecule has 1 unspecified atom stereocenters. The fraction of sp³-hybridized carbons (Fsp3) is 0.533. The molecule has 1 fully saturated rings. The van der Waals surface area contributed by atoms with Crippen LogP contribution in [-0.2, 0) is 4.74 Å². The van der Waals surface area contributed by atoms with Crippen molar-refractivity contribution in [2.45, 2.75) is 18.9 Å². The van der Waals surface area contributed by atoms with Crippen molar-refractivity contribution >= 4 is 17.3 Å². The SMILES string of the molecule is COC1CCCN(C(=O)c2ccc3c(c2)NCCN3)C1. The maximum Gasteiger partial charge on any atom is 0.254 e. The predicted octanol–water partition coefficient (Wildman–Crippen LogP) is 1.77. The molecule has 0 saturated carbocycles. The molecule has 0 aliphatic carbocycles. The Morgan fingerprint density at radius 2 is 2.10 bits per heavy atom. The van der Waals surface area contributed by atoms with E-state index in [9.17, 15) is 4.79 Å². The molecule has 0 spiro atoms. The zero-order valence-corrected chi connectivity index (χ0v) is 11.8. The van der Waals surface area contributed by atoms with Gasteiger partial charge in [0.25, 0.3) is 5.91 Å². The van der Waals surface area contributed by atoms with E-state index in [2.05, 4.69) is 10.6 Å². The quantitative estimate of drug-likeness (QED) is 0.864. The number of amides is 1. The minimum atomic E-state index is 0.0990. The number of rotatable bonds is 2. The van der Waals surface area contributed by atoms with Crippen LogP contribution in [0.25, 0.3) is 0 Å². The van der Waals surface area contributed by atoms with E-state index < -0.39 is 0 Å². The summed E-state index contributed by atoms with van der Waals surface area (Å²) in [5.74, 6) is 0.0990. The molecule has 20 heavy (non-hydrogen) atoms. The van der Waals surface area contributed by atoms with Gasteiger partial charge in [0, 0.05) is 38.9 Å². The first-order valence-corrected chi connectivity index (χ1v) is 7.22. The van der Waals surface area contributed by atoms with Gasteiger partial charge in [0.1, 0.15) is 0 Å². The highest BCUT2D eigenvalue weighted by molar-refractivity contribution is 5.96. The Labute approximate surface area is 119 Å². The third-order valence-corrected chi connectivity index (χ3v) is 4.02. The normalized spacial score (nSPS) is 21.6. The van der Waals surface area contributed by atoms with E-state index >= 15 is 0 Å². The summed E-state index contributed by atoms with van der Waals surface area (Å²) in [5.41, 5.74) is 2.83. The molecule has 2 N–H and O–H groups in total. The van der Waals surface area contributed by atoms with E-state index in [1.165, 1.54) is 0 Å². The summed E-state index contributed by atoms with van der Waals surface area (Å²) < 4.78 is 5.38. The Morgan fingerprint density at radius 1 is 1.30 bits per heavy atom. The monoisotopic (exact) mass is 275 g/mol. The van der Waals surface area contributed by atoms with Gasteiger partial charge < -0.3 is 20.3 Å². The van der Waals surface area contributed by atoms with Crippen molar-refractivity contribution < 1.29 is 9.53 Å².